The number of hydrogen-bond donors (Lipinski definition) is 2. The van der Waals surface area contributed by atoms with Crippen molar-refractivity contribution in [2.45, 2.75) is 24.6 Å². The lowest BCUT2D eigenvalue weighted by Gasteiger charge is -2.29. The van der Waals surface area contributed by atoms with Gasteiger partial charge in [-0.15, -0.1) is 0 Å². The molecule has 2 heterocycles. The van der Waals surface area contributed by atoms with Gasteiger partial charge in [-0.3, -0.25) is 9.78 Å². The van der Waals surface area contributed by atoms with Gasteiger partial charge in [-0.2, -0.15) is 13.2 Å². The summed E-state index contributed by atoms with van der Waals surface area (Å²) in [7, 11) is 1.32. The van der Waals surface area contributed by atoms with Gasteiger partial charge < -0.3 is 15.0 Å². The van der Waals surface area contributed by atoms with Crippen LogP contribution in [0.3, 0.4) is 0 Å². The molecular formula is C15H17F3N4O2. The molecule has 0 saturated carbocycles. The van der Waals surface area contributed by atoms with Gasteiger partial charge in [-0.1, -0.05) is 6.07 Å². The molecule has 2 aromatic heterocycles. The molecule has 0 aliphatic heterocycles. The molecule has 130 valence electrons. The number of nitrogens with zero attached hydrogens (tertiary/aromatic N) is 3. The molecule has 0 radical (unpaired) electrons. The van der Waals surface area contributed by atoms with Gasteiger partial charge in [0.15, 0.2) is 5.82 Å². The summed E-state index contributed by atoms with van der Waals surface area (Å²) in [4.78, 5) is 19.5. The fourth-order valence-corrected chi connectivity index (χ4v) is 2.24. The molecule has 0 aliphatic carbocycles. The molecule has 0 aliphatic rings. The zero-order valence-corrected chi connectivity index (χ0v) is 12.9. The molecule has 0 spiro atoms. The van der Waals surface area contributed by atoms with Crippen LogP contribution < -0.4 is 5.32 Å². The van der Waals surface area contributed by atoms with E-state index in [0.717, 1.165) is 10.8 Å². The van der Waals surface area contributed by atoms with Crippen molar-refractivity contribution in [1.29, 1.82) is 0 Å². The second kappa shape index (κ2) is 7.00. The Hall–Kier alpha value is -2.42. The minimum atomic E-state index is -5.04. The first-order chi connectivity index (χ1) is 11.2. The predicted molar refractivity (Wildman–Crippen MR) is 78.7 cm³/mol. The van der Waals surface area contributed by atoms with Crippen LogP contribution in [0.1, 0.15) is 17.9 Å². The van der Waals surface area contributed by atoms with Crippen LogP contribution >= 0.6 is 0 Å². The number of halogens is 3. The molecule has 1 amide bonds. The zero-order valence-electron chi connectivity index (χ0n) is 12.9. The predicted octanol–water partition coefficient (Wildman–Crippen LogP) is 1.31. The Bertz CT molecular complexity index is 688. The fourth-order valence-electron chi connectivity index (χ4n) is 2.24. The molecule has 2 N–H and O–H groups in total. The Balaban J connectivity index is 2.02. The van der Waals surface area contributed by atoms with Crippen molar-refractivity contribution in [1.82, 2.24) is 19.9 Å². The first-order valence-electron chi connectivity index (χ1n) is 7.17. The molecule has 24 heavy (non-hydrogen) atoms. The van der Waals surface area contributed by atoms with E-state index < -0.39 is 29.9 Å². The Morgan fingerprint density at radius 2 is 2.04 bits per heavy atom. The topological polar surface area (TPSA) is 80.0 Å². The van der Waals surface area contributed by atoms with Crippen molar-refractivity contribution < 1.29 is 23.1 Å². The Morgan fingerprint density at radius 1 is 1.29 bits per heavy atom. The minimum Gasteiger partial charge on any atom is -0.374 e. The number of aromatic nitrogens is 3. The smallest absolute Gasteiger partial charge is 0.374 e. The number of aryl methyl sites for hydroxylation is 1. The molecular weight excluding hydrogens is 325 g/mol. The van der Waals surface area contributed by atoms with Crippen LogP contribution in [0.25, 0.3) is 0 Å². The van der Waals surface area contributed by atoms with Crippen molar-refractivity contribution >= 4 is 5.91 Å². The van der Waals surface area contributed by atoms with Crippen LogP contribution in [0.4, 0.5) is 13.2 Å². The lowest BCUT2D eigenvalue weighted by Crippen LogP contribution is -2.48. The summed E-state index contributed by atoms with van der Waals surface area (Å²) in [6, 6.07) is 5.25. The molecule has 2 aromatic rings. The van der Waals surface area contributed by atoms with Gasteiger partial charge >= 0.3 is 6.18 Å². The molecule has 9 heteroatoms. The Kier molecular flexibility index (Phi) is 5.23. The summed E-state index contributed by atoms with van der Waals surface area (Å²) in [5, 5.41) is 12.5. The molecule has 0 aromatic carbocycles. The van der Waals surface area contributed by atoms with E-state index in [1.54, 1.807) is 24.4 Å². The van der Waals surface area contributed by atoms with E-state index in [1.165, 1.54) is 13.2 Å². The van der Waals surface area contributed by atoms with Gasteiger partial charge in [-0.25, -0.2) is 4.98 Å². The highest BCUT2D eigenvalue weighted by Crippen LogP contribution is 2.40. The van der Waals surface area contributed by atoms with E-state index in [9.17, 15) is 23.1 Å². The van der Waals surface area contributed by atoms with Crippen LogP contribution in [0.15, 0.2) is 36.8 Å². The molecule has 6 nitrogen and oxygen atoms in total. The van der Waals surface area contributed by atoms with Gasteiger partial charge in [0.05, 0.1) is 6.42 Å². The number of imidazole rings is 1. The molecule has 1 atom stereocenters. The normalized spacial score (nSPS) is 14.2. The highest BCUT2D eigenvalue weighted by Gasteiger charge is 2.58. The minimum absolute atomic E-state index is 0.115. The highest BCUT2D eigenvalue weighted by molar-refractivity contribution is 5.77. The van der Waals surface area contributed by atoms with Gasteiger partial charge in [0.1, 0.15) is 0 Å². The number of aliphatic hydroxyl groups is 1. The van der Waals surface area contributed by atoms with Crippen molar-refractivity contribution in [3.63, 3.8) is 0 Å². The van der Waals surface area contributed by atoms with Crippen LogP contribution in [0.2, 0.25) is 0 Å². The van der Waals surface area contributed by atoms with E-state index in [4.69, 9.17) is 0 Å². The van der Waals surface area contributed by atoms with Gasteiger partial charge in [0.2, 0.25) is 11.5 Å². The van der Waals surface area contributed by atoms with Crippen molar-refractivity contribution in [2.24, 2.45) is 7.05 Å². The third kappa shape index (κ3) is 3.91. The summed E-state index contributed by atoms with van der Waals surface area (Å²) >= 11 is 0. The number of hydrogen-bond acceptors (Lipinski definition) is 4. The second-order valence-corrected chi connectivity index (χ2v) is 5.32. The number of amides is 1. The van der Waals surface area contributed by atoms with Crippen molar-refractivity contribution in [3.8, 4) is 0 Å². The van der Waals surface area contributed by atoms with Crippen LogP contribution in [-0.4, -0.2) is 38.3 Å². The maximum Gasteiger partial charge on any atom is 0.425 e. The first-order valence-corrected chi connectivity index (χ1v) is 7.17. The number of carbonyl (C=O) groups excluding carboxylic acids is 1. The fraction of sp³-hybridized carbons (Fsp3) is 0.400. The van der Waals surface area contributed by atoms with Crippen molar-refractivity contribution in [3.05, 3.63) is 48.3 Å². The zero-order chi connectivity index (χ0) is 17.8. The maximum atomic E-state index is 13.3. The molecule has 2 rings (SSSR count). The van der Waals surface area contributed by atoms with Gasteiger partial charge in [0, 0.05) is 44.3 Å². The third-order valence-electron chi connectivity index (χ3n) is 3.51. The quantitative estimate of drug-likeness (QED) is 0.830. The van der Waals surface area contributed by atoms with Crippen LogP contribution in [0.5, 0.6) is 0 Å². The number of rotatable bonds is 6. The molecule has 0 saturated heterocycles. The van der Waals surface area contributed by atoms with E-state index in [2.05, 4.69) is 15.3 Å². The Labute approximate surface area is 136 Å². The standard InChI is InChI=1S/C15H17F3N4O2/c1-22-9-8-21-13(22)14(24,15(16,17)18)10-12(23)20-7-5-11-4-2-3-6-19-11/h2-4,6,8-9,24H,5,7,10H2,1H3,(H,20,23)/t14-/m0/s1. The van der Waals surface area contributed by atoms with E-state index >= 15 is 0 Å². The number of alkyl halides is 3. The van der Waals surface area contributed by atoms with Crippen molar-refractivity contribution in [2.75, 3.05) is 6.54 Å². The van der Waals surface area contributed by atoms with Crippen LogP contribution in [0, 0.1) is 0 Å². The molecule has 0 bridgehead atoms. The number of pyridine rings is 1. The lowest BCUT2D eigenvalue weighted by molar-refractivity contribution is -0.271. The van der Waals surface area contributed by atoms with Crippen LogP contribution in [-0.2, 0) is 23.9 Å². The molecule has 0 fully saturated rings. The van der Waals surface area contributed by atoms with Gasteiger partial charge in [-0.05, 0) is 12.1 Å². The Morgan fingerprint density at radius 3 is 2.58 bits per heavy atom. The molecule has 0 unspecified atom stereocenters. The van der Waals surface area contributed by atoms with Gasteiger partial charge in [0.25, 0.3) is 0 Å². The summed E-state index contributed by atoms with van der Waals surface area (Å²) in [5.74, 6) is -1.55. The summed E-state index contributed by atoms with van der Waals surface area (Å²) < 4.78 is 40.9. The number of carbonyl (C=O) groups is 1. The first kappa shape index (κ1) is 17.9. The summed E-state index contributed by atoms with van der Waals surface area (Å²) in [6.45, 7) is 0.115. The monoisotopic (exact) mass is 342 g/mol. The lowest BCUT2D eigenvalue weighted by atomic mass is 9.97. The summed E-state index contributed by atoms with van der Waals surface area (Å²) in [5.41, 5.74) is -2.65. The maximum absolute atomic E-state index is 13.3. The second-order valence-electron chi connectivity index (χ2n) is 5.32. The average molecular weight is 342 g/mol. The number of nitrogens with one attached hydrogen (secondary N) is 1. The highest BCUT2D eigenvalue weighted by atomic mass is 19.4. The average Bonchev–Trinajstić information content (AvgIpc) is 2.93. The van der Waals surface area contributed by atoms with E-state index in [0.29, 0.717) is 12.1 Å². The SMILES string of the molecule is Cn1ccnc1[C@@](O)(CC(=O)NCCc1ccccn1)C(F)(F)F. The summed E-state index contributed by atoms with van der Waals surface area (Å²) in [6.07, 6.45) is -1.84. The van der Waals surface area contributed by atoms with E-state index in [-0.39, 0.29) is 6.54 Å². The van der Waals surface area contributed by atoms with E-state index in [1.807, 2.05) is 0 Å². The largest absolute Gasteiger partial charge is 0.425 e. The third-order valence-corrected chi connectivity index (χ3v) is 3.51.